The van der Waals surface area contributed by atoms with Crippen LogP contribution in [-0.4, -0.2) is 22.2 Å². The van der Waals surface area contributed by atoms with Gasteiger partial charge in [-0.15, -0.1) is 0 Å². The molecule has 0 aromatic carbocycles. The summed E-state index contributed by atoms with van der Waals surface area (Å²) in [7, 11) is 0. The summed E-state index contributed by atoms with van der Waals surface area (Å²) in [5, 5.41) is 19.7. The van der Waals surface area contributed by atoms with Crippen molar-refractivity contribution in [1.29, 1.82) is 0 Å². The maximum atomic E-state index is 12.0. The van der Waals surface area contributed by atoms with Crippen LogP contribution >= 0.6 is 0 Å². The summed E-state index contributed by atoms with van der Waals surface area (Å²) >= 11 is 0. The fourth-order valence-corrected chi connectivity index (χ4v) is 85.7. The van der Waals surface area contributed by atoms with Crippen LogP contribution in [0.1, 0.15) is 0 Å². The van der Waals surface area contributed by atoms with E-state index in [1.165, 1.54) is 0 Å². The maximum absolute atomic E-state index is 12.0. The third-order valence-corrected chi connectivity index (χ3v) is 54.9. The predicted octanol–water partition coefficient (Wildman–Crippen LogP) is 2.29. The normalized spacial score (nSPS) is 123. The second-order valence-corrected chi connectivity index (χ2v) is 31.8. The zero-order chi connectivity index (χ0) is 11.1. The van der Waals surface area contributed by atoms with Gasteiger partial charge in [-0.3, -0.25) is 0 Å². The molecule has 0 aromatic rings. The van der Waals surface area contributed by atoms with Gasteiger partial charge >= 0.3 is 85.6 Å². The SMILES string of the molecule is O=C(O)[C]12[CH]3[CH]4[CH]5[CH]1[Co]45321678[CH]2[CH]1[CH]6[C]7(C(=O)O)[CH]28. The first kappa shape index (κ1) is 6.06. The standard InChI is InChI=1S/2C6H5O2.Co/c2*7-6(8)5-3-1-2-4-5;/h2*1-4H,(H,7,8);. The van der Waals surface area contributed by atoms with Crippen LogP contribution in [0.4, 0.5) is 0 Å². The van der Waals surface area contributed by atoms with Crippen molar-refractivity contribution in [3.05, 3.63) is 0 Å². The Morgan fingerprint density at radius 3 is 1.18 bits per heavy atom. The first-order valence-corrected chi connectivity index (χ1v) is 12.2. The minimum absolute atomic E-state index is 0.333. The number of rotatable bonds is 2. The van der Waals surface area contributed by atoms with Gasteiger partial charge < -0.3 is 0 Å². The fourth-order valence-electron chi connectivity index (χ4n) is 16.7. The molecule has 10 saturated heterocycles. The molecule has 10 heterocycles. The third-order valence-electron chi connectivity index (χ3n) is 14.7. The molecule has 91 valence electrons. The summed E-state index contributed by atoms with van der Waals surface area (Å²) < 4.78 is -0.666. The molecule has 5 heteroatoms. The summed E-state index contributed by atoms with van der Waals surface area (Å²) in [6, 6.07) is 0. The van der Waals surface area contributed by atoms with Crippen LogP contribution in [0.2, 0.25) is 47.5 Å². The van der Waals surface area contributed by atoms with Crippen molar-refractivity contribution in [2.45, 2.75) is 47.5 Å². The Labute approximate surface area is 85.9 Å². The number of aliphatic carboxylic acids is 2. The van der Waals surface area contributed by atoms with Crippen molar-refractivity contribution in [3.63, 3.8) is 0 Å². The topological polar surface area (TPSA) is 74.6 Å². The van der Waals surface area contributed by atoms with Crippen molar-refractivity contribution in [2.75, 3.05) is 0 Å². The molecule has 0 amide bonds. The van der Waals surface area contributed by atoms with Gasteiger partial charge in [0.15, 0.2) is 0 Å². The molecule has 4 nitrogen and oxygen atoms in total. The van der Waals surface area contributed by atoms with E-state index >= 15 is 0 Å². The van der Waals surface area contributed by atoms with Crippen molar-refractivity contribution < 1.29 is 26.2 Å². The van der Waals surface area contributed by atoms with E-state index in [-0.39, 0.29) is 8.70 Å². The van der Waals surface area contributed by atoms with Gasteiger partial charge in [0.1, 0.15) is 0 Å². The van der Waals surface area contributed by atoms with Crippen LogP contribution in [0.3, 0.4) is 0 Å². The van der Waals surface area contributed by atoms with Gasteiger partial charge in [-0.2, -0.15) is 0 Å². The van der Waals surface area contributed by atoms with E-state index < -0.39 is 18.3 Å². The van der Waals surface area contributed by atoms with E-state index in [1.54, 1.807) is 0 Å². The Hall–Kier alpha value is -0.554. The van der Waals surface area contributed by atoms with Crippen molar-refractivity contribution in [3.8, 4) is 0 Å². The molecule has 2 N–H and O–H groups in total. The van der Waals surface area contributed by atoms with Crippen molar-refractivity contribution in [1.82, 2.24) is 0 Å². The first-order chi connectivity index (χ1) is 7.82. The second-order valence-electron chi connectivity index (χ2n) is 9.96. The Bertz CT molecular complexity index is 1000. The summed E-state index contributed by atoms with van der Waals surface area (Å²) in [5.74, 6) is -1.08. The molecular formula is C12H10CoO4. The minimum atomic E-state index is -4.00. The molecule has 1 spiro atoms. The number of fused-ring (bicyclic) bond motifs is 10. The third kappa shape index (κ3) is 0.0495. The predicted molar refractivity (Wildman–Crippen MR) is 50.7 cm³/mol. The molecule has 10 fully saturated rings. The van der Waals surface area contributed by atoms with Crippen LogP contribution in [-0.2, 0) is 16.0 Å². The van der Waals surface area contributed by atoms with Crippen LogP contribution in [0.15, 0.2) is 0 Å². The van der Waals surface area contributed by atoms with Crippen molar-refractivity contribution in [2.24, 2.45) is 0 Å². The van der Waals surface area contributed by atoms with Gasteiger partial charge in [0.2, 0.25) is 0 Å². The molecule has 10 aliphatic rings. The molecule has 10 aliphatic heterocycles. The van der Waals surface area contributed by atoms with Crippen LogP contribution in [0.5, 0.6) is 0 Å². The monoisotopic (exact) mass is 277 g/mol. The second kappa shape index (κ2) is 0.431. The quantitative estimate of drug-likeness (QED) is 0.812. The van der Waals surface area contributed by atoms with Crippen LogP contribution in [0, 0.1) is 0 Å². The molecule has 0 aromatic heterocycles. The molecule has 10 rings (SSSR count). The zero-order valence-corrected chi connectivity index (χ0v) is 9.70. The average Bonchev–Trinajstić information content (AvgIpc) is 3.22. The first-order valence-electron chi connectivity index (χ1n) is 6.38. The number of hydrogen-bond donors (Lipinski definition) is 2. The van der Waals surface area contributed by atoms with E-state index in [1.807, 2.05) is 0 Å². The van der Waals surface area contributed by atoms with Gasteiger partial charge in [-0.1, -0.05) is 0 Å². The molecule has 8 unspecified atom stereocenters. The molecule has 0 bridgehead atoms. The van der Waals surface area contributed by atoms with Gasteiger partial charge in [-0.05, 0) is 0 Å². The number of carboxylic acids is 2. The number of hydrogen-bond acceptors (Lipinski definition) is 2. The van der Waals surface area contributed by atoms with Crippen molar-refractivity contribution >= 4 is 11.9 Å². The van der Waals surface area contributed by atoms with Gasteiger partial charge in [-0.25, -0.2) is 0 Å². The van der Waals surface area contributed by atoms with E-state index in [2.05, 4.69) is 0 Å². The Morgan fingerprint density at radius 1 is 0.765 bits per heavy atom. The summed E-state index contributed by atoms with van der Waals surface area (Å²) in [6.07, 6.45) is -4.00. The van der Waals surface area contributed by atoms with Gasteiger partial charge in [0, 0.05) is 0 Å². The summed E-state index contributed by atoms with van der Waals surface area (Å²) in [5.41, 5.74) is 0. The molecular weight excluding hydrogens is 267 g/mol. The zero-order valence-electron chi connectivity index (χ0n) is 8.66. The van der Waals surface area contributed by atoms with Crippen LogP contribution in [0.25, 0.3) is 0 Å². The van der Waals surface area contributed by atoms with Gasteiger partial charge in [0.25, 0.3) is 0 Å². The summed E-state index contributed by atoms with van der Waals surface area (Å²) in [4.78, 5) is 28.9. The Morgan fingerprint density at radius 2 is 1.06 bits per heavy atom. The van der Waals surface area contributed by atoms with Crippen LogP contribution < -0.4 is 0 Å². The summed E-state index contributed by atoms with van der Waals surface area (Å²) in [6.45, 7) is 0. The molecule has 8 atom stereocenters. The fraction of sp³-hybridized carbons (Fsp3) is 0.833. The molecule has 17 heavy (non-hydrogen) atoms. The average molecular weight is 277 g/mol. The Kier molecular flexibility index (Phi) is 0.154. The molecule has 0 aliphatic carbocycles. The number of carboxylic acid groups (broad SMARTS) is 2. The van der Waals surface area contributed by atoms with E-state index in [9.17, 15) is 19.8 Å². The van der Waals surface area contributed by atoms with E-state index in [0.717, 1.165) is 19.4 Å². The van der Waals surface area contributed by atoms with E-state index in [4.69, 9.17) is 0 Å². The molecule has 0 saturated carbocycles. The molecule has 0 radical (unpaired) electrons. The Balaban J connectivity index is 1.78. The number of carbonyl (C=O) groups is 2. The van der Waals surface area contributed by atoms with E-state index in [0.29, 0.717) is 19.4 Å². The van der Waals surface area contributed by atoms with Gasteiger partial charge in [0.05, 0.1) is 0 Å².